The van der Waals surface area contributed by atoms with Crippen LogP contribution >= 0.6 is 0 Å². The van der Waals surface area contributed by atoms with E-state index in [-0.39, 0.29) is 6.03 Å². The van der Waals surface area contributed by atoms with E-state index in [9.17, 15) is 4.79 Å². The van der Waals surface area contributed by atoms with Crippen molar-refractivity contribution in [3.8, 4) is 0 Å². The highest BCUT2D eigenvalue weighted by atomic mass is 16.5. The topological polar surface area (TPSA) is 76.4 Å². The highest BCUT2D eigenvalue weighted by Gasteiger charge is 2.04. The lowest BCUT2D eigenvalue weighted by atomic mass is 10.2. The van der Waals surface area contributed by atoms with Crippen LogP contribution in [0.25, 0.3) is 0 Å². The molecule has 0 bridgehead atoms. The molecule has 118 valence electrons. The molecule has 2 N–H and O–H groups in total. The van der Waals surface area contributed by atoms with E-state index in [1.165, 1.54) is 5.56 Å². The number of aryl methyl sites for hydroxylation is 1. The van der Waals surface area contributed by atoms with Crippen LogP contribution in [0, 0.1) is 6.92 Å². The summed E-state index contributed by atoms with van der Waals surface area (Å²) in [6, 6.07) is 11.6. The average Bonchev–Trinajstić information content (AvgIpc) is 2.92. The maximum absolute atomic E-state index is 11.6. The van der Waals surface area contributed by atoms with Gasteiger partial charge in [-0.3, -0.25) is 5.32 Å². The van der Waals surface area contributed by atoms with E-state index < -0.39 is 0 Å². The van der Waals surface area contributed by atoms with E-state index in [1.807, 2.05) is 18.2 Å². The summed E-state index contributed by atoms with van der Waals surface area (Å²) < 4.78 is 10.4. The Morgan fingerprint density at radius 2 is 2.09 bits per heavy atom. The molecule has 0 saturated carbocycles. The molecule has 6 nitrogen and oxygen atoms in total. The van der Waals surface area contributed by atoms with Gasteiger partial charge in [0.2, 0.25) is 0 Å². The molecule has 0 fully saturated rings. The average molecular weight is 303 g/mol. The smallest absolute Gasteiger partial charge is 0.320 e. The minimum Gasteiger partial charge on any atom is -0.381 e. The van der Waals surface area contributed by atoms with Crippen molar-refractivity contribution in [1.82, 2.24) is 10.5 Å². The van der Waals surface area contributed by atoms with Crippen molar-refractivity contribution in [3.63, 3.8) is 0 Å². The molecule has 1 heterocycles. The van der Waals surface area contributed by atoms with E-state index in [2.05, 4.69) is 27.9 Å². The number of anilines is 1. The number of carbonyl (C=O) groups excluding carboxylic acids is 1. The van der Waals surface area contributed by atoms with Gasteiger partial charge in [-0.1, -0.05) is 35.5 Å². The van der Waals surface area contributed by atoms with Crippen molar-refractivity contribution in [1.29, 1.82) is 0 Å². The zero-order valence-corrected chi connectivity index (χ0v) is 12.7. The largest absolute Gasteiger partial charge is 0.381 e. The third-order valence-corrected chi connectivity index (χ3v) is 3.00. The molecule has 0 aliphatic carbocycles. The molecule has 2 aromatic rings. The Labute approximate surface area is 129 Å². The monoisotopic (exact) mass is 303 g/mol. The van der Waals surface area contributed by atoms with Crippen molar-refractivity contribution in [3.05, 3.63) is 47.7 Å². The molecule has 6 heteroatoms. The van der Waals surface area contributed by atoms with Gasteiger partial charge in [-0.25, -0.2) is 4.79 Å². The van der Waals surface area contributed by atoms with Crippen LogP contribution in [0.15, 0.2) is 40.9 Å². The van der Waals surface area contributed by atoms with Crippen LogP contribution in [0.1, 0.15) is 17.7 Å². The SMILES string of the molecule is Cc1cc(NC(=O)NCCCOCCc2ccccc2)no1. The maximum Gasteiger partial charge on any atom is 0.320 e. The molecule has 2 rings (SSSR count). The van der Waals surface area contributed by atoms with Crippen LogP contribution in [-0.2, 0) is 11.2 Å². The Kier molecular flexibility index (Phi) is 6.44. The van der Waals surface area contributed by atoms with Crippen LogP contribution < -0.4 is 10.6 Å². The van der Waals surface area contributed by atoms with E-state index in [4.69, 9.17) is 9.26 Å². The van der Waals surface area contributed by atoms with Crippen LogP contribution in [0.5, 0.6) is 0 Å². The van der Waals surface area contributed by atoms with Crippen molar-refractivity contribution < 1.29 is 14.1 Å². The van der Waals surface area contributed by atoms with Crippen molar-refractivity contribution in [2.45, 2.75) is 19.8 Å². The van der Waals surface area contributed by atoms with Gasteiger partial charge in [-0.15, -0.1) is 0 Å². The molecule has 0 aliphatic rings. The second kappa shape index (κ2) is 8.84. The number of rotatable bonds is 8. The predicted molar refractivity (Wildman–Crippen MR) is 83.8 cm³/mol. The van der Waals surface area contributed by atoms with Gasteiger partial charge < -0.3 is 14.6 Å². The summed E-state index contributed by atoms with van der Waals surface area (Å²) in [5.41, 5.74) is 1.27. The lowest BCUT2D eigenvalue weighted by Gasteiger charge is -2.06. The summed E-state index contributed by atoms with van der Waals surface area (Å²) in [6.45, 7) is 3.63. The standard InChI is InChI=1S/C16H21N3O3/c1-13-12-15(19-22-13)18-16(20)17-9-5-10-21-11-8-14-6-3-2-4-7-14/h2-4,6-7,12H,5,8-11H2,1H3,(H2,17,18,19,20). The second-order valence-electron chi connectivity index (χ2n) is 4.91. The Bertz CT molecular complexity index is 569. The second-order valence-corrected chi connectivity index (χ2v) is 4.91. The van der Waals surface area contributed by atoms with Crippen LogP contribution in [-0.4, -0.2) is 30.9 Å². The van der Waals surface area contributed by atoms with Gasteiger partial charge in [0.25, 0.3) is 0 Å². The lowest BCUT2D eigenvalue weighted by molar-refractivity contribution is 0.135. The molecule has 0 radical (unpaired) electrons. The van der Waals surface area contributed by atoms with Gasteiger partial charge in [0.05, 0.1) is 6.61 Å². The number of benzene rings is 1. The molecular formula is C16H21N3O3. The number of urea groups is 1. The normalized spacial score (nSPS) is 10.4. The Morgan fingerprint density at radius 1 is 1.27 bits per heavy atom. The first-order chi connectivity index (χ1) is 10.7. The third-order valence-electron chi connectivity index (χ3n) is 3.00. The van der Waals surface area contributed by atoms with E-state index in [0.29, 0.717) is 31.3 Å². The maximum atomic E-state index is 11.6. The van der Waals surface area contributed by atoms with Crippen LogP contribution in [0.4, 0.5) is 10.6 Å². The van der Waals surface area contributed by atoms with Crippen LogP contribution in [0.2, 0.25) is 0 Å². The predicted octanol–water partition coefficient (Wildman–Crippen LogP) is 2.75. The van der Waals surface area contributed by atoms with Crippen molar-refractivity contribution >= 4 is 11.8 Å². The zero-order chi connectivity index (χ0) is 15.6. The highest BCUT2D eigenvalue weighted by molar-refractivity contribution is 5.88. The number of amides is 2. The summed E-state index contributed by atoms with van der Waals surface area (Å²) in [7, 11) is 0. The molecule has 0 atom stereocenters. The van der Waals surface area contributed by atoms with Crippen molar-refractivity contribution in [2.75, 3.05) is 25.1 Å². The summed E-state index contributed by atoms with van der Waals surface area (Å²) in [6.07, 6.45) is 1.67. The first-order valence-electron chi connectivity index (χ1n) is 7.34. The molecule has 1 aromatic heterocycles. The summed E-state index contributed by atoms with van der Waals surface area (Å²) in [5.74, 6) is 1.07. The molecule has 2 amide bonds. The van der Waals surface area contributed by atoms with Crippen molar-refractivity contribution in [2.24, 2.45) is 0 Å². The Hall–Kier alpha value is -2.34. The summed E-state index contributed by atoms with van der Waals surface area (Å²) in [4.78, 5) is 11.6. The quantitative estimate of drug-likeness (QED) is 0.735. The molecule has 1 aromatic carbocycles. The molecular weight excluding hydrogens is 282 g/mol. The molecule has 0 saturated heterocycles. The number of nitrogens with one attached hydrogen (secondary N) is 2. The minimum atomic E-state index is -0.294. The molecule has 22 heavy (non-hydrogen) atoms. The van der Waals surface area contributed by atoms with E-state index in [1.54, 1.807) is 13.0 Å². The van der Waals surface area contributed by atoms with Gasteiger partial charge in [0, 0.05) is 19.2 Å². The fourth-order valence-electron chi connectivity index (χ4n) is 1.90. The number of nitrogens with zero attached hydrogens (tertiary/aromatic N) is 1. The Balaban J connectivity index is 1.48. The van der Waals surface area contributed by atoms with Gasteiger partial charge >= 0.3 is 6.03 Å². The van der Waals surface area contributed by atoms with Gasteiger partial charge in [0.15, 0.2) is 5.82 Å². The fraction of sp³-hybridized carbons (Fsp3) is 0.375. The lowest BCUT2D eigenvalue weighted by Crippen LogP contribution is -2.30. The number of ether oxygens (including phenoxy) is 1. The highest BCUT2D eigenvalue weighted by Crippen LogP contribution is 2.06. The first kappa shape index (κ1) is 16.0. The van der Waals surface area contributed by atoms with Gasteiger partial charge in [0.1, 0.15) is 5.76 Å². The van der Waals surface area contributed by atoms with Gasteiger partial charge in [-0.05, 0) is 25.3 Å². The van der Waals surface area contributed by atoms with Crippen LogP contribution in [0.3, 0.4) is 0 Å². The number of hydrogen-bond donors (Lipinski definition) is 2. The molecule has 0 spiro atoms. The fourth-order valence-corrected chi connectivity index (χ4v) is 1.90. The zero-order valence-electron chi connectivity index (χ0n) is 12.7. The van der Waals surface area contributed by atoms with E-state index in [0.717, 1.165) is 12.8 Å². The number of aromatic nitrogens is 1. The number of hydrogen-bond acceptors (Lipinski definition) is 4. The minimum absolute atomic E-state index is 0.294. The molecule has 0 unspecified atom stereocenters. The number of carbonyl (C=O) groups is 1. The Morgan fingerprint density at radius 3 is 2.82 bits per heavy atom. The first-order valence-corrected chi connectivity index (χ1v) is 7.34. The molecule has 0 aliphatic heterocycles. The van der Waals surface area contributed by atoms with E-state index >= 15 is 0 Å². The third kappa shape index (κ3) is 5.97. The summed E-state index contributed by atoms with van der Waals surface area (Å²) >= 11 is 0. The summed E-state index contributed by atoms with van der Waals surface area (Å²) in [5, 5.41) is 9.01. The van der Waals surface area contributed by atoms with Gasteiger partial charge in [-0.2, -0.15) is 0 Å².